The Bertz CT molecular complexity index is 588. The molecule has 0 saturated carbocycles. The van der Waals surface area contributed by atoms with Gasteiger partial charge in [0, 0.05) is 17.9 Å². The van der Waals surface area contributed by atoms with Crippen molar-refractivity contribution in [1.82, 2.24) is 5.32 Å². The average Bonchev–Trinajstić information content (AvgIpc) is 2.66. The molecule has 1 aromatic carbocycles. The highest BCUT2D eigenvalue weighted by Gasteiger charge is 2.50. The van der Waals surface area contributed by atoms with Crippen molar-refractivity contribution in [3.63, 3.8) is 0 Å². The monoisotopic (exact) mass is 307 g/mol. The number of benzene rings is 1. The van der Waals surface area contributed by atoms with Crippen LogP contribution in [0.25, 0.3) is 0 Å². The topological polar surface area (TPSA) is 66.4 Å². The van der Waals surface area contributed by atoms with Gasteiger partial charge in [-0.1, -0.05) is 17.7 Å². The number of nitrogens with one attached hydrogen (secondary N) is 1. The van der Waals surface area contributed by atoms with Crippen molar-refractivity contribution in [1.29, 1.82) is 0 Å². The Morgan fingerprint density at radius 3 is 2.40 bits per heavy atom. The first-order chi connectivity index (χ1) is 9.14. The number of carbonyl (C=O) groups excluding carboxylic acids is 1. The molecular weight excluding hydrogens is 299 g/mol. The first-order valence-electron chi connectivity index (χ1n) is 5.54. The maximum atomic E-state index is 12.3. The number of halogens is 4. The van der Waals surface area contributed by atoms with Gasteiger partial charge in [-0.3, -0.25) is 4.79 Å². The van der Waals surface area contributed by atoms with Gasteiger partial charge in [0.2, 0.25) is 0 Å². The molecule has 2 rings (SSSR count). The van der Waals surface area contributed by atoms with E-state index >= 15 is 0 Å². The number of carboxylic acids is 1. The number of hydrogen-bond donors (Lipinski definition) is 2. The number of fused-ring (bicyclic) bond motifs is 1. The summed E-state index contributed by atoms with van der Waals surface area (Å²) in [5.74, 6) is -3.78. The summed E-state index contributed by atoms with van der Waals surface area (Å²) in [6.07, 6.45) is -5.58. The van der Waals surface area contributed by atoms with E-state index in [1.165, 1.54) is 12.1 Å². The van der Waals surface area contributed by atoms with Crippen molar-refractivity contribution in [2.45, 2.75) is 24.6 Å². The van der Waals surface area contributed by atoms with E-state index in [0.29, 0.717) is 16.1 Å². The smallest absolute Gasteiger partial charge is 0.471 e. The lowest BCUT2D eigenvalue weighted by atomic mass is 9.95. The summed E-state index contributed by atoms with van der Waals surface area (Å²) >= 11 is 5.76. The highest BCUT2D eigenvalue weighted by Crippen LogP contribution is 2.33. The molecule has 0 radical (unpaired) electrons. The van der Waals surface area contributed by atoms with Crippen LogP contribution >= 0.6 is 11.6 Å². The Morgan fingerprint density at radius 2 is 1.85 bits per heavy atom. The lowest BCUT2D eigenvalue weighted by molar-refractivity contribution is -0.177. The summed E-state index contributed by atoms with van der Waals surface area (Å²) in [4.78, 5) is 22.3. The van der Waals surface area contributed by atoms with E-state index in [-0.39, 0.29) is 12.8 Å². The molecule has 2 N–H and O–H groups in total. The van der Waals surface area contributed by atoms with Crippen LogP contribution in [-0.2, 0) is 22.4 Å². The molecule has 1 amide bonds. The average molecular weight is 308 g/mol. The van der Waals surface area contributed by atoms with Gasteiger partial charge in [0.25, 0.3) is 0 Å². The van der Waals surface area contributed by atoms with E-state index in [9.17, 15) is 27.9 Å². The van der Waals surface area contributed by atoms with E-state index in [1.807, 2.05) is 0 Å². The van der Waals surface area contributed by atoms with Gasteiger partial charge in [0.05, 0.1) is 0 Å². The molecule has 108 valence electrons. The molecule has 0 heterocycles. The number of aliphatic carboxylic acids is 1. The fraction of sp³-hybridized carbons (Fsp3) is 0.333. The molecule has 20 heavy (non-hydrogen) atoms. The summed E-state index contributed by atoms with van der Waals surface area (Å²) in [7, 11) is 0. The Kier molecular flexibility index (Phi) is 3.41. The molecule has 1 aliphatic rings. The zero-order valence-corrected chi connectivity index (χ0v) is 10.7. The first kappa shape index (κ1) is 14.6. The van der Waals surface area contributed by atoms with Gasteiger partial charge in [0.15, 0.2) is 0 Å². The van der Waals surface area contributed by atoms with E-state index < -0.39 is 23.6 Å². The fourth-order valence-electron chi connectivity index (χ4n) is 2.23. The SMILES string of the molecule is O=C(NC1(C(=O)O)Cc2ccc(Cl)cc2C1)C(F)(F)F. The third-order valence-corrected chi connectivity index (χ3v) is 3.41. The van der Waals surface area contributed by atoms with E-state index in [0.717, 1.165) is 0 Å². The Morgan fingerprint density at radius 1 is 1.25 bits per heavy atom. The first-order valence-corrected chi connectivity index (χ1v) is 5.92. The second-order valence-electron chi connectivity index (χ2n) is 4.61. The number of hydrogen-bond acceptors (Lipinski definition) is 2. The molecule has 1 aromatic rings. The quantitative estimate of drug-likeness (QED) is 0.877. The van der Waals surface area contributed by atoms with Crippen molar-refractivity contribution in [3.8, 4) is 0 Å². The highest BCUT2D eigenvalue weighted by atomic mass is 35.5. The summed E-state index contributed by atoms with van der Waals surface area (Å²) in [5, 5.41) is 11.2. The standard InChI is InChI=1S/C12H9ClF3NO3/c13-8-2-1-6-4-11(10(19)20,5-7(6)3-8)17-9(18)12(14,15)16/h1-3H,4-5H2,(H,17,18)(H,19,20). The van der Waals surface area contributed by atoms with Gasteiger partial charge < -0.3 is 10.4 Å². The summed E-state index contributed by atoms with van der Waals surface area (Å²) in [6.45, 7) is 0. The van der Waals surface area contributed by atoms with Crippen LogP contribution in [0.4, 0.5) is 13.2 Å². The van der Waals surface area contributed by atoms with Crippen LogP contribution in [0.15, 0.2) is 18.2 Å². The molecule has 1 atom stereocenters. The maximum Gasteiger partial charge on any atom is 0.471 e. The van der Waals surface area contributed by atoms with E-state index in [1.54, 1.807) is 11.4 Å². The zero-order chi connectivity index (χ0) is 15.1. The molecule has 0 saturated heterocycles. The van der Waals surface area contributed by atoms with Gasteiger partial charge in [-0.2, -0.15) is 13.2 Å². The number of alkyl halides is 3. The van der Waals surface area contributed by atoms with Gasteiger partial charge in [-0.25, -0.2) is 4.79 Å². The minimum absolute atomic E-state index is 0.212. The second-order valence-corrected chi connectivity index (χ2v) is 5.04. The molecule has 0 spiro atoms. The van der Waals surface area contributed by atoms with Crippen molar-refractivity contribution in [2.24, 2.45) is 0 Å². The molecule has 4 nitrogen and oxygen atoms in total. The van der Waals surface area contributed by atoms with Gasteiger partial charge in [-0.05, 0) is 23.3 Å². The van der Waals surface area contributed by atoms with Crippen molar-refractivity contribution in [3.05, 3.63) is 34.3 Å². The van der Waals surface area contributed by atoms with Crippen LogP contribution in [0.1, 0.15) is 11.1 Å². The molecule has 8 heteroatoms. The van der Waals surface area contributed by atoms with Crippen LogP contribution in [-0.4, -0.2) is 28.7 Å². The molecule has 0 aromatic heterocycles. The third-order valence-electron chi connectivity index (χ3n) is 3.17. The minimum Gasteiger partial charge on any atom is -0.479 e. The molecule has 1 aliphatic carbocycles. The van der Waals surface area contributed by atoms with E-state index in [2.05, 4.69) is 0 Å². The van der Waals surface area contributed by atoms with Crippen LogP contribution in [0, 0.1) is 0 Å². The van der Waals surface area contributed by atoms with Crippen LogP contribution in [0.2, 0.25) is 5.02 Å². The van der Waals surface area contributed by atoms with Crippen LogP contribution < -0.4 is 5.32 Å². The van der Waals surface area contributed by atoms with Gasteiger partial charge >= 0.3 is 18.1 Å². The highest BCUT2D eigenvalue weighted by molar-refractivity contribution is 6.30. The number of carbonyl (C=O) groups is 2. The number of rotatable bonds is 2. The lowest BCUT2D eigenvalue weighted by Gasteiger charge is -2.25. The van der Waals surface area contributed by atoms with Crippen LogP contribution in [0.5, 0.6) is 0 Å². The fourth-order valence-corrected chi connectivity index (χ4v) is 2.42. The summed E-state index contributed by atoms with van der Waals surface area (Å²) in [6, 6.07) is 4.55. The Labute approximate surface area is 116 Å². The molecule has 0 bridgehead atoms. The van der Waals surface area contributed by atoms with Gasteiger partial charge in [-0.15, -0.1) is 0 Å². The molecule has 0 fully saturated rings. The molecule has 1 unspecified atom stereocenters. The zero-order valence-electron chi connectivity index (χ0n) is 9.92. The predicted octanol–water partition coefficient (Wildman–Crippen LogP) is 1.94. The van der Waals surface area contributed by atoms with E-state index in [4.69, 9.17) is 11.6 Å². The third kappa shape index (κ3) is 2.58. The number of carboxylic acid groups (broad SMARTS) is 1. The summed E-state index contributed by atoms with van der Waals surface area (Å²) < 4.78 is 36.9. The predicted molar refractivity (Wildman–Crippen MR) is 63.4 cm³/mol. The summed E-state index contributed by atoms with van der Waals surface area (Å²) in [5.41, 5.74) is -0.916. The second kappa shape index (κ2) is 4.66. The lowest BCUT2D eigenvalue weighted by Crippen LogP contribution is -2.58. The van der Waals surface area contributed by atoms with Crippen molar-refractivity contribution >= 4 is 23.5 Å². The largest absolute Gasteiger partial charge is 0.479 e. The maximum absolute atomic E-state index is 12.3. The minimum atomic E-state index is -5.13. The number of amides is 1. The Hall–Kier alpha value is -1.76. The van der Waals surface area contributed by atoms with Crippen molar-refractivity contribution in [2.75, 3.05) is 0 Å². The van der Waals surface area contributed by atoms with Gasteiger partial charge in [0.1, 0.15) is 5.54 Å². The van der Waals surface area contributed by atoms with Crippen LogP contribution in [0.3, 0.4) is 0 Å². The normalized spacial score (nSPS) is 21.4. The molecular formula is C12H9ClF3NO3. The Balaban J connectivity index is 2.32. The van der Waals surface area contributed by atoms with Crippen molar-refractivity contribution < 1.29 is 27.9 Å². The molecule has 0 aliphatic heterocycles.